The molecular formula is C35H36ClF3N2O5. The lowest BCUT2D eigenvalue weighted by atomic mass is 10.0. The Bertz CT molecular complexity index is 1660. The minimum absolute atomic E-state index is 0.0555. The Morgan fingerprint density at radius 1 is 0.891 bits per heavy atom. The first-order valence-electron chi connectivity index (χ1n) is 15.2. The third-order valence-corrected chi connectivity index (χ3v) is 7.82. The number of nitrogens with zero attached hydrogens (tertiary/aromatic N) is 2. The van der Waals surface area contributed by atoms with E-state index in [1.807, 2.05) is 6.07 Å². The summed E-state index contributed by atoms with van der Waals surface area (Å²) < 4.78 is 64.0. The molecule has 4 aromatic rings. The zero-order valence-electron chi connectivity index (χ0n) is 25.8. The summed E-state index contributed by atoms with van der Waals surface area (Å²) in [6.45, 7) is 2.41. The molecule has 0 unspecified atom stereocenters. The van der Waals surface area contributed by atoms with Crippen molar-refractivity contribution >= 4 is 28.3 Å². The molecule has 0 spiro atoms. The second-order valence-electron chi connectivity index (χ2n) is 11.4. The Balaban J connectivity index is 1.24. The van der Waals surface area contributed by atoms with E-state index in [9.17, 15) is 18.0 Å². The lowest BCUT2D eigenvalue weighted by molar-refractivity contribution is -0.137. The number of rotatable bonds is 14. The first kappa shape index (κ1) is 33.3. The quantitative estimate of drug-likeness (QED) is 0.126. The smallest absolute Gasteiger partial charge is 0.417 e. The predicted molar refractivity (Wildman–Crippen MR) is 171 cm³/mol. The fourth-order valence-corrected chi connectivity index (χ4v) is 5.48. The van der Waals surface area contributed by atoms with Crippen molar-refractivity contribution in [1.29, 1.82) is 0 Å². The van der Waals surface area contributed by atoms with Crippen LogP contribution in [0, 0.1) is 0 Å². The number of benzene rings is 3. The number of hydrogen-bond acceptors (Lipinski definition) is 7. The molecule has 1 aliphatic heterocycles. The van der Waals surface area contributed by atoms with Crippen molar-refractivity contribution < 1.29 is 36.9 Å². The monoisotopic (exact) mass is 656 g/mol. The normalized spacial score (nSPS) is 12.8. The highest BCUT2D eigenvalue weighted by Crippen LogP contribution is 2.48. The maximum atomic E-state index is 13.2. The fourth-order valence-electron chi connectivity index (χ4n) is 5.25. The van der Waals surface area contributed by atoms with E-state index >= 15 is 0 Å². The number of halogens is 4. The number of hydrogen-bond donors (Lipinski definition) is 0. The first-order chi connectivity index (χ1) is 22.1. The maximum Gasteiger partial charge on any atom is 0.417 e. The molecule has 5 rings (SSSR count). The number of carbonyl (C=O) groups excluding carboxylic acids is 1. The minimum atomic E-state index is -4.59. The average Bonchev–Trinajstić information content (AvgIpc) is 3.01. The van der Waals surface area contributed by atoms with E-state index in [-0.39, 0.29) is 24.2 Å². The number of ether oxygens (including phenoxy) is 4. The second-order valence-corrected chi connectivity index (χ2v) is 11.9. The van der Waals surface area contributed by atoms with Crippen LogP contribution in [0.4, 0.5) is 13.2 Å². The average molecular weight is 657 g/mol. The van der Waals surface area contributed by atoms with Gasteiger partial charge in [-0.2, -0.15) is 13.2 Å². The molecule has 0 saturated carbocycles. The molecule has 1 aromatic heterocycles. The molecule has 0 atom stereocenters. The molecule has 0 saturated heterocycles. The van der Waals surface area contributed by atoms with Crippen LogP contribution in [0.15, 0.2) is 60.8 Å². The number of unbranched alkanes of at least 4 members (excludes halogenated alkanes) is 3. The summed E-state index contributed by atoms with van der Waals surface area (Å²) in [5, 5.41) is 0.264. The zero-order chi connectivity index (χ0) is 32.7. The standard InChI is InChI=1S/C35H36ClF3N2O5/c1-41(2)15-5-3-4-6-16-43-31-22-29-32(34-33(31)44-17-18-45-34)30(13-14-40-29)46-26-10-7-23(8-11-26)19-25(42)20-24-9-12-28(36)27(21-24)35(37,38)39/h7-14,21-22H,3-6,15-20H2,1-2H3. The van der Waals surface area contributed by atoms with E-state index in [1.165, 1.54) is 12.1 Å². The summed E-state index contributed by atoms with van der Waals surface area (Å²) in [7, 11) is 4.16. The minimum Gasteiger partial charge on any atom is -0.489 e. The number of alkyl halides is 3. The Morgan fingerprint density at radius 3 is 2.33 bits per heavy atom. The van der Waals surface area contributed by atoms with Gasteiger partial charge in [-0.3, -0.25) is 9.78 Å². The molecule has 0 fully saturated rings. The summed E-state index contributed by atoms with van der Waals surface area (Å²) in [4.78, 5) is 19.4. The summed E-state index contributed by atoms with van der Waals surface area (Å²) >= 11 is 5.70. The Morgan fingerprint density at radius 2 is 1.59 bits per heavy atom. The van der Waals surface area contributed by atoms with Gasteiger partial charge >= 0.3 is 6.18 Å². The first-order valence-corrected chi connectivity index (χ1v) is 15.6. The molecular weight excluding hydrogens is 621 g/mol. The van der Waals surface area contributed by atoms with Crippen LogP contribution in [0.3, 0.4) is 0 Å². The fraction of sp³-hybridized carbons (Fsp3) is 0.371. The molecule has 1 aliphatic rings. The molecule has 0 bridgehead atoms. The van der Waals surface area contributed by atoms with E-state index in [1.54, 1.807) is 36.5 Å². The van der Waals surface area contributed by atoms with Gasteiger partial charge in [0, 0.05) is 25.1 Å². The van der Waals surface area contributed by atoms with Gasteiger partial charge in [0.15, 0.2) is 11.5 Å². The molecule has 0 N–H and O–H groups in total. The lowest BCUT2D eigenvalue weighted by Gasteiger charge is -2.23. The summed E-state index contributed by atoms with van der Waals surface area (Å²) in [5.74, 6) is 2.45. The number of pyridine rings is 1. The van der Waals surface area contributed by atoms with Crippen molar-refractivity contribution in [3.05, 3.63) is 82.5 Å². The number of carbonyl (C=O) groups is 1. The summed E-state index contributed by atoms with van der Waals surface area (Å²) in [6, 6.07) is 14.1. The molecule has 0 amide bonds. The van der Waals surface area contributed by atoms with Gasteiger partial charge < -0.3 is 23.8 Å². The lowest BCUT2D eigenvalue weighted by Crippen LogP contribution is -2.17. The third-order valence-electron chi connectivity index (χ3n) is 7.49. The van der Waals surface area contributed by atoms with Crippen molar-refractivity contribution in [1.82, 2.24) is 9.88 Å². The van der Waals surface area contributed by atoms with Gasteiger partial charge in [-0.25, -0.2) is 0 Å². The molecule has 7 nitrogen and oxygen atoms in total. The Labute approximate surface area is 271 Å². The van der Waals surface area contributed by atoms with Crippen molar-refractivity contribution in [3.8, 4) is 28.7 Å². The van der Waals surface area contributed by atoms with Crippen molar-refractivity contribution in [2.45, 2.75) is 44.7 Å². The second kappa shape index (κ2) is 15.0. The molecule has 244 valence electrons. The van der Waals surface area contributed by atoms with Crippen molar-refractivity contribution in [3.63, 3.8) is 0 Å². The molecule has 11 heteroatoms. The highest BCUT2D eigenvalue weighted by atomic mass is 35.5. The highest BCUT2D eigenvalue weighted by molar-refractivity contribution is 6.31. The number of aromatic nitrogens is 1. The molecule has 0 radical (unpaired) electrons. The van der Waals surface area contributed by atoms with Gasteiger partial charge in [-0.05, 0) is 74.9 Å². The van der Waals surface area contributed by atoms with Crippen molar-refractivity contribution in [2.24, 2.45) is 0 Å². The van der Waals surface area contributed by atoms with Gasteiger partial charge in [0.2, 0.25) is 5.75 Å². The van der Waals surface area contributed by atoms with E-state index in [0.717, 1.165) is 38.3 Å². The zero-order valence-corrected chi connectivity index (χ0v) is 26.5. The van der Waals surface area contributed by atoms with Crippen LogP contribution in [-0.2, 0) is 23.8 Å². The molecule has 3 aromatic carbocycles. The number of fused-ring (bicyclic) bond motifs is 3. The third kappa shape index (κ3) is 8.61. The van der Waals surface area contributed by atoms with Crippen LogP contribution in [0.5, 0.6) is 28.7 Å². The largest absolute Gasteiger partial charge is 0.489 e. The molecule has 46 heavy (non-hydrogen) atoms. The van der Waals surface area contributed by atoms with Gasteiger partial charge in [0.05, 0.1) is 28.1 Å². The molecule has 2 heterocycles. The van der Waals surface area contributed by atoms with Gasteiger partial charge in [0.25, 0.3) is 0 Å². The van der Waals surface area contributed by atoms with E-state index in [0.29, 0.717) is 65.0 Å². The predicted octanol–water partition coefficient (Wildman–Crippen LogP) is 8.33. The van der Waals surface area contributed by atoms with Crippen LogP contribution in [-0.4, -0.2) is 56.1 Å². The summed E-state index contributed by atoms with van der Waals surface area (Å²) in [5.41, 5.74) is 0.648. The van der Waals surface area contributed by atoms with Crippen LogP contribution in [0.25, 0.3) is 10.9 Å². The van der Waals surface area contributed by atoms with Crippen molar-refractivity contribution in [2.75, 3.05) is 40.5 Å². The summed E-state index contributed by atoms with van der Waals surface area (Å²) in [6.07, 6.45) is 1.28. The van der Waals surface area contributed by atoms with E-state index in [2.05, 4.69) is 24.0 Å². The van der Waals surface area contributed by atoms with Crippen LogP contribution >= 0.6 is 11.6 Å². The van der Waals surface area contributed by atoms with E-state index in [4.69, 9.17) is 30.5 Å². The molecule has 0 aliphatic carbocycles. The number of Topliss-reactive ketones (excluding diaryl/α,β-unsaturated/α-hetero) is 1. The SMILES string of the molecule is CN(C)CCCCCCOc1cc2nccc(Oc3ccc(CC(=O)Cc4ccc(Cl)c(C(F)(F)F)c4)cc3)c2c2c1OCCO2. The number of ketones is 1. The van der Waals surface area contributed by atoms with Crippen LogP contribution in [0.2, 0.25) is 5.02 Å². The van der Waals surface area contributed by atoms with Crippen LogP contribution in [0.1, 0.15) is 42.4 Å². The highest BCUT2D eigenvalue weighted by Gasteiger charge is 2.33. The Kier molecular flexibility index (Phi) is 10.9. The van der Waals surface area contributed by atoms with Crippen LogP contribution < -0.4 is 18.9 Å². The maximum absolute atomic E-state index is 13.2. The topological polar surface area (TPSA) is 70.1 Å². The Hall–Kier alpha value is -4.02. The van der Waals surface area contributed by atoms with Gasteiger partial charge in [-0.1, -0.05) is 42.6 Å². The van der Waals surface area contributed by atoms with Gasteiger partial charge in [-0.15, -0.1) is 0 Å². The van der Waals surface area contributed by atoms with E-state index < -0.39 is 16.8 Å². The van der Waals surface area contributed by atoms with Gasteiger partial charge in [0.1, 0.15) is 30.5 Å².